The van der Waals surface area contributed by atoms with Gasteiger partial charge in [0.15, 0.2) is 5.96 Å². The average molecular weight is 488 g/mol. The van der Waals surface area contributed by atoms with Crippen LogP contribution in [0, 0.1) is 5.82 Å². The minimum Gasteiger partial charge on any atom is -0.434 e. The quantitative estimate of drug-likeness (QED) is 0.254. The molecule has 1 aliphatic heterocycles. The van der Waals surface area contributed by atoms with E-state index in [2.05, 4.69) is 19.9 Å². The third-order valence-corrected chi connectivity index (χ3v) is 3.76. The fraction of sp³-hybridized carbons (Fsp3) is 0.562. The fourth-order valence-electron chi connectivity index (χ4n) is 2.46. The van der Waals surface area contributed by atoms with E-state index in [9.17, 15) is 13.2 Å². The first-order chi connectivity index (χ1) is 12.1. The second kappa shape index (κ2) is 12.2. The van der Waals surface area contributed by atoms with E-state index in [1.54, 1.807) is 0 Å². The molecule has 0 atom stereocenters. The molecular weight excluding hydrogens is 464 g/mol. The number of guanidine groups is 1. The first-order valence-corrected chi connectivity index (χ1v) is 8.12. The van der Waals surface area contributed by atoms with Crippen molar-refractivity contribution in [3.63, 3.8) is 0 Å². The Bertz CT molecular complexity index is 572. The normalized spacial score (nSPS) is 15.6. The zero-order valence-electron chi connectivity index (χ0n) is 14.3. The summed E-state index contributed by atoms with van der Waals surface area (Å²) in [6.07, 6.45) is 0.871. The van der Waals surface area contributed by atoms with E-state index in [1.165, 1.54) is 12.1 Å². The average Bonchev–Trinajstić information content (AvgIpc) is 2.59. The second-order valence-electron chi connectivity index (χ2n) is 5.53. The molecule has 3 N–H and O–H groups in total. The van der Waals surface area contributed by atoms with Gasteiger partial charge in [0, 0.05) is 19.6 Å². The molecule has 0 aliphatic carbocycles. The summed E-state index contributed by atoms with van der Waals surface area (Å²) >= 11 is 0. The zero-order chi connectivity index (χ0) is 18.1. The van der Waals surface area contributed by atoms with Gasteiger partial charge in [0.05, 0.1) is 25.3 Å². The Hall–Kier alpha value is -1.27. The van der Waals surface area contributed by atoms with Crippen LogP contribution in [0.1, 0.15) is 12.0 Å². The summed E-state index contributed by atoms with van der Waals surface area (Å²) in [4.78, 5) is 6.29. The highest BCUT2D eigenvalue weighted by Crippen LogP contribution is 2.24. The maximum Gasteiger partial charge on any atom is 0.387 e. The molecule has 10 heteroatoms. The number of hydrogen-bond acceptors (Lipinski definition) is 4. The number of rotatable bonds is 8. The molecule has 148 valence electrons. The van der Waals surface area contributed by atoms with Crippen molar-refractivity contribution in [1.29, 1.82) is 0 Å². The first-order valence-electron chi connectivity index (χ1n) is 8.12. The van der Waals surface area contributed by atoms with Crippen LogP contribution in [0.4, 0.5) is 13.2 Å². The molecule has 0 saturated carbocycles. The summed E-state index contributed by atoms with van der Waals surface area (Å²) < 4.78 is 48.1. The molecule has 0 aromatic heterocycles. The van der Waals surface area contributed by atoms with Gasteiger partial charge in [-0.25, -0.2) is 9.38 Å². The molecule has 26 heavy (non-hydrogen) atoms. The molecule has 6 nitrogen and oxygen atoms in total. The Labute approximate surface area is 167 Å². The van der Waals surface area contributed by atoms with Gasteiger partial charge in [-0.05, 0) is 25.1 Å². The van der Waals surface area contributed by atoms with Crippen molar-refractivity contribution in [2.24, 2.45) is 10.7 Å². The Morgan fingerprint density at radius 1 is 1.35 bits per heavy atom. The number of nitrogens with zero attached hydrogens (tertiary/aromatic N) is 2. The Morgan fingerprint density at radius 3 is 2.77 bits per heavy atom. The lowest BCUT2D eigenvalue weighted by atomic mass is 10.2. The van der Waals surface area contributed by atoms with Crippen molar-refractivity contribution in [3.05, 3.63) is 29.6 Å². The third-order valence-electron chi connectivity index (χ3n) is 3.76. The topological polar surface area (TPSA) is 72.1 Å². The van der Waals surface area contributed by atoms with Gasteiger partial charge in [-0.15, -0.1) is 24.0 Å². The van der Waals surface area contributed by atoms with Crippen LogP contribution < -0.4 is 15.8 Å². The standard InChI is InChI=1S/C16H23F3N4O2.HI/c17-13-3-1-4-14(25-15(18)19)12(13)11-22-16(20)21-5-2-6-23-7-9-24-10-8-23;/h1,3-4,15H,2,5-11H2,(H3,20,21,22);1H. The van der Waals surface area contributed by atoms with Gasteiger partial charge in [0.1, 0.15) is 11.6 Å². The third kappa shape index (κ3) is 7.96. The van der Waals surface area contributed by atoms with Gasteiger partial charge in [0.25, 0.3) is 0 Å². The van der Waals surface area contributed by atoms with Crippen molar-refractivity contribution in [1.82, 2.24) is 10.2 Å². The Balaban J connectivity index is 0.00000338. The van der Waals surface area contributed by atoms with Crippen LogP contribution >= 0.6 is 24.0 Å². The molecule has 0 unspecified atom stereocenters. The van der Waals surface area contributed by atoms with E-state index >= 15 is 0 Å². The Morgan fingerprint density at radius 2 is 2.08 bits per heavy atom. The van der Waals surface area contributed by atoms with Crippen molar-refractivity contribution in [2.45, 2.75) is 19.6 Å². The van der Waals surface area contributed by atoms with Crippen molar-refractivity contribution in [2.75, 3.05) is 39.4 Å². The molecule has 2 rings (SSSR count). The van der Waals surface area contributed by atoms with Crippen LogP contribution in [0.5, 0.6) is 5.75 Å². The Kier molecular flexibility index (Phi) is 10.7. The molecule has 0 spiro atoms. The first kappa shape index (κ1) is 22.8. The summed E-state index contributed by atoms with van der Waals surface area (Å²) in [5, 5.41) is 2.93. The minimum atomic E-state index is -3.03. The molecule has 1 aliphatic rings. The minimum absolute atomic E-state index is 0. The maximum absolute atomic E-state index is 13.8. The molecule has 0 radical (unpaired) electrons. The summed E-state index contributed by atoms with van der Waals surface area (Å²) in [7, 11) is 0. The molecular formula is C16H24F3IN4O2. The predicted molar refractivity (Wildman–Crippen MR) is 104 cm³/mol. The monoisotopic (exact) mass is 488 g/mol. The number of halogens is 4. The highest BCUT2D eigenvalue weighted by molar-refractivity contribution is 14.0. The maximum atomic E-state index is 13.8. The van der Waals surface area contributed by atoms with Crippen LogP contribution in [-0.2, 0) is 11.3 Å². The van der Waals surface area contributed by atoms with E-state index in [1.807, 2.05) is 0 Å². The molecule has 1 fully saturated rings. The molecule has 1 saturated heterocycles. The lowest BCUT2D eigenvalue weighted by Gasteiger charge is -2.26. The van der Waals surface area contributed by atoms with Gasteiger partial charge in [0.2, 0.25) is 0 Å². The molecule has 1 aromatic rings. The summed E-state index contributed by atoms with van der Waals surface area (Å²) in [5.74, 6) is -0.769. The zero-order valence-corrected chi connectivity index (χ0v) is 16.6. The summed E-state index contributed by atoms with van der Waals surface area (Å²) in [5.41, 5.74) is 5.68. The molecule has 1 aromatic carbocycles. The number of alkyl halides is 2. The lowest BCUT2D eigenvalue weighted by Crippen LogP contribution is -2.39. The number of morpholine rings is 1. The van der Waals surface area contributed by atoms with Crippen LogP contribution in [0.2, 0.25) is 0 Å². The van der Waals surface area contributed by atoms with Crippen LogP contribution in [0.25, 0.3) is 0 Å². The van der Waals surface area contributed by atoms with E-state index in [0.29, 0.717) is 6.54 Å². The van der Waals surface area contributed by atoms with Gasteiger partial charge < -0.3 is 20.5 Å². The highest BCUT2D eigenvalue weighted by Gasteiger charge is 2.13. The summed E-state index contributed by atoms with van der Waals surface area (Å²) in [6.45, 7) is 1.67. The van der Waals surface area contributed by atoms with E-state index in [0.717, 1.165) is 45.3 Å². The molecule has 0 bridgehead atoms. The van der Waals surface area contributed by atoms with Crippen molar-refractivity contribution < 1.29 is 22.6 Å². The second-order valence-corrected chi connectivity index (χ2v) is 5.53. The van der Waals surface area contributed by atoms with Crippen LogP contribution in [0.3, 0.4) is 0 Å². The number of ether oxygens (including phenoxy) is 2. The molecule has 1 heterocycles. The lowest BCUT2D eigenvalue weighted by molar-refractivity contribution is -0.0506. The van der Waals surface area contributed by atoms with Gasteiger partial charge in [-0.3, -0.25) is 4.90 Å². The van der Waals surface area contributed by atoms with E-state index in [-0.39, 0.29) is 47.8 Å². The molecule has 0 amide bonds. The van der Waals surface area contributed by atoms with Crippen molar-refractivity contribution in [3.8, 4) is 5.75 Å². The number of nitrogens with two attached hydrogens (primary N) is 1. The predicted octanol–water partition coefficient (Wildman–Crippen LogP) is 2.17. The number of hydrogen-bond donors (Lipinski definition) is 2. The van der Waals surface area contributed by atoms with Gasteiger partial charge in [-0.2, -0.15) is 8.78 Å². The van der Waals surface area contributed by atoms with E-state index < -0.39 is 12.4 Å². The van der Waals surface area contributed by atoms with Gasteiger partial charge in [-0.1, -0.05) is 6.07 Å². The van der Waals surface area contributed by atoms with Crippen LogP contribution in [0.15, 0.2) is 23.2 Å². The van der Waals surface area contributed by atoms with Crippen LogP contribution in [-0.4, -0.2) is 56.9 Å². The van der Waals surface area contributed by atoms with Gasteiger partial charge >= 0.3 is 6.61 Å². The van der Waals surface area contributed by atoms with E-state index in [4.69, 9.17) is 10.5 Å². The van der Waals surface area contributed by atoms with Crippen molar-refractivity contribution >= 4 is 29.9 Å². The highest BCUT2D eigenvalue weighted by atomic mass is 127. The largest absolute Gasteiger partial charge is 0.434 e. The summed E-state index contributed by atoms with van der Waals surface area (Å²) in [6, 6.07) is 3.73. The SMILES string of the molecule is I.NC(=NCc1c(F)cccc1OC(F)F)NCCCN1CCOCC1. The number of benzene rings is 1. The number of nitrogens with one attached hydrogen (secondary N) is 1. The smallest absolute Gasteiger partial charge is 0.387 e. The number of aliphatic imine (C=N–C) groups is 1. The fourth-order valence-corrected chi connectivity index (χ4v) is 2.46.